The van der Waals surface area contributed by atoms with Crippen molar-refractivity contribution in [2.45, 2.75) is 50.4 Å². The Balaban J connectivity index is 1.72. The number of aromatic nitrogens is 2. The lowest BCUT2D eigenvalue weighted by molar-refractivity contribution is -0.384. The number of alkyl halides is 3. The normalized spacial score (nSPS) is 21.7. The number of halogens is 3. The topological polar surface area (TPSA) is 93.3 Å². The summed E-state index contributed by atoms with van der Waals surface area (Å²) in [6.07, 6.45) is -0.668. The van der Waals surface area contributed by atoms with Gasteiger partial charge in [-0.05, 0) is 32.1 Å². The maximum atomic E-state index is 12.4. The smallest absolute Gasteiger partial charge is 0.351 e. The molecule has 3 rings (SSSR count). The van der Waals surface area contributed by atoms with Crippen LogP contribution in [0, 0.1) is 10.1 Å². The molecule has 1 saturated carbocycles. The maximum Gasteiger partial charge on any atom is 0.471 e. The number of nitrogens with one attached hydrogen (secondary N) is 1. The fraction of sp³-hybridized carbons (Fsp3) is 0.714. The van der Waals surface area contributed by atoms with Gasteiger partial charge in [-0.3, -0.25) is 14.9 Å². The molecule has 1 aliphatic carbocycles. The van der Waals surface area contributed by atoms with Crippen LogP contribution >= 0.6 is 0 Å². The summed E-state index contributed by atoms with van der Waals surface area (Å²) in [7, 11) is 0. The van der Waals surface area contributed by atoms with Gasteiger partial charge in [0.05, 0.1) is 11.0 Å². The zero-order valence-corrected chi connectivity index (χ0v) is 13.3. The third-order valence-corrected chi connectivity index (χ3v) is 4.46. The van der Waals surface area contributed by atoms with E-state index in [1.807, 2.05) is 5.32 Å². The predicted octanol–water partition coefficient (Wildman–Crippen LogP) is 2.16. The van der Waals surface area contributed by atoms with Crippen LogP contribution in [0.2, 0.25) is 0 Å². The highest BCUT2D eigenvalue weighted by Crippen LogP contribution is 2.41. The van der Waals surface area contributed by atoms with E-state index in [-0.39, 0.29) is 18.2 Å². The Kier molecular flexibility index (Phi) is 4.56. The van der Waals surface area contributed by atoms with Gasteiger partial charge in [-0.2, -0.15) is 18.3 Å². The van der Waals surface area contributed by atoms with Gasteiger partial charge in [-0.25, -0.2) is 4.68 Å². The molecule has 1 aliphatic heterocycles. The molecule has 0 aromatic carbocycles. The van der Waals surface area contributed by atoms with Crippen LogP contribution in [0.5, 0.6) is 0 Å². The highest BCUT2D eigenvalue weighted by Gasteiger charge is 2.40. The largest absolute Gasteiger partial charge is 0.471 e. The van der Waals surface area contributed by atoms with E-state index in [4.69, 9.17) is 0 Å². The number of hydrogen-bond acceptors (Lipinski definition) is 5. The second kappa shape index (κ2) is 6.52. The van der Waals surface area contributed by atoms with Gasteiger partial charge in [0, 0.05) is 19.1 Å². The standard InChI is InChI=1S/C14H18F3N5O3/c15-14(16,17)13(23)19-9-2-1-6-20(7-5-9)12-11(22(24)25)8-18-21(12)10-3-4-10/h8-10H,1-7H2,(H,19,23)/t9-/m1/s1. The number of amides is 1. The number of carbonyl (C=O) groups excluding carboxylic acids is 1. The second-order valence-corrected chi connectivity index (χ2v) is 6.37. The van der Waals surface area contributed by atoms with Gasteiger partial charge in [-0.1, -0.05) is 0 Å². The maximum absolute atomic E-state index is 12.4. The molecule has 1 amide bonds. The van der Waals surface area contributed by atoms with E-state index in [9.17, 15) is 28.1 Å². The SMILES string of the molecule is O=C(N[C@@H]1CCCN(c2c([N+](=O)[O-])cnn2C2CC2)CC1)C(F)(F)F. The summed E-state index contributed by atoms with van der Waals surface area (Å²) in [4.78, 5) is 23.7. The molecule has 2 fully saturated rings. The third-order valence-electron chi connectivity index (χ3n) is 4.46. The Morgan fingerprint density at radius 1 is 1.28 bits per heavy atom. The van der Waals surface area contributed by atoms with Crippen molar-refractivity contribution >= 4 is 17.4 Å². The van der Waals surface area contributed by atoms with Gasteiger partial charge < -0.3 is 10.2 Å². The molecule has 1 aromatic heterocycles. The number of carbonyl (C=O) groups is 1. The molecule has 11 heteroatoms. The molecule has 0 unspecified atom stereocenters. The summed E-state index contributed by atoms with van der Waals surface area (Å²) in [5.74, 6) is -1.53. The molecule has 0 spiro atoms. The van der Waals surface area contributed by atoms with Crippen LogP contribution in [-0.4, -0.2) is 45.9 Å². The van der Waals surface area contributed by atoms with Crippen LogP contribution in [0.4, 0.5) is 24.7 Å². The lowest BCUT2D eigenvalue weighted by atomic mass is 10.1. The van der Waals surface area contributed by atoms with Crippen molar-refractivity contribution in [1.82, 2.24) is 15.1 Å². The lowest BCUT2D eigenvalue weighted by Gasteiger charge is -2.23. The summed E-state index contributed by atoms with van der Waals surface area (Å²) >= 11 is 0. The Labute approximate surface area is 141 Å². The zero-order valence-electron chi connectivity index (χ0n) is 13.3. The lowest BCUT2D eigenvalue weighted by Crippen LogP contribution is -2.43. The zero-order chi connectivity index (χ0) is 18.2. The van der Waals surface area contributed by atoms with Crippen molar-refractivity contribution < 1.29 is 22.9 Å². The van der Waals surface area contributed by atoms with Gasteiger partial charge in [0.1, 0.15) is 6.20 Å². The number of rotatable bonds is 4. The van der Waals surface area contributed by atoms with Crippen LogP contribution in [0.1, 0.15) is 38.1 Å². The van der Waals surface area contributed by atoms with Crippen LogP contribution < -0.4 is 10.2 Å². The summed E-state index contributed by atoms with van der Waals surface area (Å²) in [5, 5.41) is 17.4. The minimum atomic E-state index is -4.91. The predicted molar refractivity (Wildman–Crippen MR) is 81.2 cm³/mol. The van der Waals surface area contributed by atoms with E-state index in [1.54, 1.807) is 9.58 Å². The molecule has 2 aliphatic rings. The molecule has 0 radical (unpaired) electrons. The number of nitro groups is 1. The summed E-state index contributed by atoms with van der Waals surface area (Å²) in [6, 6.07) is -0.455. The average Bonchev–Trinajstić information content (AvgIpc) is 3.31. The Hall–Kier alpha value is -2.33. The van der Waals surface area contributed by atoms with Gasteiger partial charge >= 0.3 is 17.8 Å². The quantitative estimate of drug-likeness (QED) is 0.655. The van der Waals surface area contributed by atoms with Gasteiger partial charge in [0.25, 0.3) is 0 Å². The highest BCUT2D eigenvalue weighted by molar-refractivity contribution is 5.81. The van der Waals surface area contributed by atoms with E-state index >= 15 is 0 Å². The van der Waals surface area contributed by atoms with E-state index in [2.05, 4.69) is 5.10 Å². The first kappa shape index (κ1) is 17.5. The second-order valence-electron chi connectivity index (χ2n) is 6.37. The van der Waals surface area contributed by atoms with E-state index < -0.39 is 23.0 Å². The number of anilines is 1. The average molecular weight is 361 g/mol. The summed E-state index contributed by atoms with van der Waals surface area (Å²) in [5.41, 5.74) is -0.0929. The van der Waals surface area contributed by atoms with Crippen molar-refractivity contribution in [3.05, 3.63) is 16.3 Å². The molecule has 1 N–H and O–H groups in total. The van der Waals surface area contributed by atoms with Crippen molar-refractivity contribution in [2.75, 3.05) is 18.0 Å². The Morgan fingerprint density at radius 3 is 2.60 bits per heavy atom. The van der Waals surface area contributed by atoms with Crippen LogP contribution in [0.25, 0.3) is 0 Å². The Morgan fingerprint density at radius 2 is 2.00 bits per heavy atom. The summed E-state index contributed by atoms with van der Waals surface area (Å²) in [6.45, 7) is 0.791. The van der Waals surface area contributed by atoms with Crippen LogP contribution in [0.15, 0.2) is 6.20 Å². The molecular formula is C14H18F3N5O3. The van der Waals surface area contributed by atoms with Crippen molar-refractivity contribution in [1.29, 1.82) is 0 Å². The van der Waals surface area contributed by atoms with Crippen molar-refractivity contribution in [3.63, 3.8) is 0 Å². The molecule has 25 heavy (non-hydrogen) atoms. The fourth-order valence-electron chi connectivity index (χ4n) is 3.09. The van der Waals surface area contributed by atoms with Crippen LogP contribution in [0.3, 0.4) is 0 Å². The van der Waals surface area contributed by atoms with E-state index in [0.717, 1.165) is 12.8 Å². The molecule has 0 bridgehead atoms. The molecular weight excluding hydrogens is 343 g/mol. The molecule has 8 nitrogen and oxygen atoms in total. The van der Waals surface area contributed by atoms with E-state index in [0.29, 0.717) is 31.7 Å². The van der Waals surface area contributed by atoms with Gasteiger partial charge in [0.2, 0.25) is 5.82 Å². The van der Waals surface area contributed by atoms with Crippen LogP contribution in [-0.2, 0) is 4.79 Å². The van der Waals surface area contributed by atoms with E-state index in [1.165, 1.54) is 6.20 Å². The first-order valence-electron chi connectivity index (χ1n) is 8.12. The monoisotopic (exact) mass is 361 g/mol. The fourth-order valence-corrected chi connectivity index (χ4v) is 3.09. The van der Waals surface area contributed by atoms with Gasteiger partial charge in [0.15, 0.2) is 0 Å². The molecule has 2 heterocycles. The molecule has 1 aromatic rings. The third kappa shape index (κ3) is 3.85. The Bertz CT molecular complexity index is 671. The first-order chi connectivity index (χ1) is 11.8. The summed E-state index contributed by atoms with van der Waals surface area (Å²) < 4.78 is 38.8. The minimum absolute atomic E-state index is 0.0929. The minimum Gasteiger partial charge on any atom is -0.351 e. The van der Waals surface area contributed by atoms with Gasteiger partial charge in [-0.15, -0.1) is 0 Å². The number of hydrogen-bond donors (Lipinski definition) is 1. The first-order valence-corrected chi connectivity index (χ1v) is 8.12. The molecule has 138 valence electrons. The molecule has 1 atom stereocenters. The van der Waals surface area contributed by atoms with Crippen molar-refractivity contribution in [3.8, 4) is 0 Å². The highest BCUT2D eigenvalue weighted by atomic mass is 19.4. The molecule has 1 saturated heterocycles. The number of nitrogens with zero attached hydrogens (tertiary/aromatic N) is 4. The van der Waals surface area contributed by atoms with Crippen molar-refractivity contribution in [2.24, 2.45) is 0 Å².